The number of para-hydroxylation sites is 1. The Bertz CT molecular complexity index is 1100. The Balaban J connectivity index is 1.51. The number of aryl methyl sites for hydroxylation is 3. The van der Waals surface area contributed by atoms with Crippen LogP contribution in [0.15, 0.2) is 54.6 Å². The Kier molecular flexibility index (Phi) is 6.97. The molecule has 0 unspecified atom stereocenters. The molecule has 3 aromatic rings. The molecule has 0 atom stereocenters. The van der Waals surface area contributed by atoms with Crippen LogP contribution in [0.5, 0.6) is 0 Å². The number of rotatable bonds is 8. The fourth-order valence-electron chi connectivity index (χ4n) is 3.14. The molecule has 2 aromatic carbocycles. The Labute approximate surface area is 181 Å². The van der Waals surface area contributed by atoms with E-state index in [1.54, 1.807) is 10.7 Å². The molecule has 0 spiro atoms. The predicted octanol–water partition coefficient (Wildman–Crippen LogP) is 3.94. The van der Waals surface area contributed by atoms with Crippen LogP contribution in [-0.2, 0) is 14.3 Å². The van der Waals surface area contributed by atoms with Crippen LogP contribution in [0.25, 0.3) is 5.69 Å². The van der Waals surface area contributed by atoms with Crippen molar-refractivity contribution in [2.24, 2.45) is 0 Å². The lowest BCUT2D eigenvalue weighted by atomic mass is 9.99. The summed E-state index contributed by atoms with van der Waals surface area (Å²) >= 11 is 0. The van der Waals surface area contributed by atoms with Gasteiger partial charge in [-0.1, -0.05) is 35.9 Å². The minimum absolute atomic E-state index is 0.0325. The molecule has 0 fully saturated rings. The van der Waals surface area contributed by atoms with Crippen LogP contribution in [0.1, 0.15) is 40.0 Å². The van der Waals surface area contributed by atoms with Crippen molar-refractivity contribution in [3.63, 3.8) is 0 Å². The number of carbonyl (C=O) groups is 3. The third kappa shape index (κ3) is 5.88. The highest BCUT2D eigenvalue weighted by atomic mass is 16.5. The van der Waals surface area contributed by atoms with Crippen molar-refractivity contribution in [3.05, 3.63) is 77.0 Å². The van der Waals surface area contributed by atoms with Gasteiger partial charge in [-0.25, -0.2) is 4.68 Å². The van der Waals surface area contributed by atoms with Gasteiger partial charge in [0.05, 0.1) is 17.8 Å². The molecule has 7 nitrogen and oxygen atoms in total. The number of hydrogen-bond donors (Lipinski definition) is 1. The molecule has 0 aliphatic rings. The summed E-state index contributed by atoms with van der Waals surface area (Å²) in [6, 6.07) is 16.7. The van der Waals surface area contributed by atoms with Crippen molar-refractivity contribution in [1.29, 1.82) is 0 Å². The summed E-state index contributed by atoms with van der Waals surface area (Å²) in [5, 5.41) is 7.08. The minimum atomic E-state index is -0.596. The quantitative estimate of drug-likeness (QED) is 0.441. The summed E-state index contributed by atoms with van der Waals surface area (Å²) in [6.45, 7) is 5.16. The molecule has 3 rings (SSSR count). The normalized spacial score (nSPS) is 10.5. The highest BCUT2D eigenvalue weighted by molar-refractivity contribution is 5.99. The highest BCUT2D eigenvalue weighted by Crippen LogP contribution is 2.17. The number of nitrogens with one attached hydrogen (secondary N) is 1. The van der Waals surface area contributed by atoms with E-state index in [2.05, 4.69) is 10.4 Å². The van der Waals surface area contributed by atoms with E-state index in [0.29, 0.717) is 11.4 Å². The van der Waals surface area contributed by atoms with E-state index in [1.807, 2.05) is 69.3 Å². The zero-order chi connectivity index (χ0) is 22.4. The number of carbonyl (C=O) groups excluding carboxylic acids is 3. The molecule has 1 amide bonds. The van der Waals surface area contributed by atoms with E-state index in [4.69, 9.17) is 4.74 Å². The second-order valence-electron chi connectivity index (χ2n) is 7.37. The maximum absolute atomic E-state index is 12.4. The van der Waals surface area contributed by atoms with Crippen molar-refractivity contribution >= 4 is 23.5 Å². The first kappa shape index (κ1) is 22.0. The van der Waals surface area contributed by atoms with E-state index >= 15 is 0 Å². The molecule has 0 radical (unpaired) electrons. The van der Waals surface area contributed by atoms with Gasteiger partial charge in [0.25, 0.3) is 5.91 Å². The van der Waals surface area contributed by atoms with Crippen LogP contribution in [-0.4, -0.2) is 34.0 Å². The molecule has 1 heterocycles. The summed E-state index contributed by atoms with van der Waals surface area (Å²) in [7, 11) is 0. The van der Waals surface area contributed by atoms with E-state index in [0.717, 1.165) is 22.5 Å². The van der Waals surface area contributed by atoms with Gasteiger partial charge in [-0.05, 0) is 44.5 Å². The van der Waals surface area contributed by atoms with E-state index in [1.165, 1.54) is 0 Å². The van der Waals surface area contributed by atoms with Gasteiger partial charge >= 0.3 is 5.97 Å². The first-order valence-electron chi connectivity index (χ1n) is 10.0. The monoisotopic (exact) mass is 419 g/mol. The Morgan fingerprint density at radius 1 is 0.968 bits per heavy atom. The lowest BCUT2D eigenvalue weighted by molar-refractivity contribution is -0.147. The zero-order valence-electron chi connectivity index (χ0n) is 17.8. The van der Waals surface area contributed by atoms with Gasteiger partial charge in [0.2, 0.25) is 0 Å². The summed E-state index contributed by atoms with van der Waals surface area (Å²) in [4.78, 5) is 36.6. The number of aromatic nitrogens is 2. The molecular formula is C24H25N3O4. The smallest absolute Gasteiger partial charge is 0.306 e. The highest BCUT2D eigenvalue weighted by Gasteiger charge is 2.15. The summed E-state index contributed by atoms with van der Waals surface area (Å²) < 4.78 is 6.64. The summed E-state index contributed by atoms with van der Waals surface area (Å²) in [6.07, 6.45) is -0.0503. The number of benzene rings is 2. The standard InChI is InChI=1S/C24H25N3O4/c1-16-9-10-17(2)20(13-16)21(28)11-12-24(30)31-15-23(29)25-22-14-18(3)26-27(22)19-7-5-4-6-8-19/h4-10,13-14H,11-12,15H2,1-3H3,(H,25,29). The minimum Gasteiger partial charge on any atom is -0.456 e. The molecule has 160 valence electrons. The fourth-order valence-corrected chi connectivity index (χ4v) is 3.14. The number of anilines is 1. The molecule has 0 aliphatic heterocycles. The molecular weight excluding hydrogens is 394 g/mol. The van der Waals surface area contributed by atoms with Gasteiger partial charge in [-0.3, -0.25) is 14.4 Å². The third-order valence-corrected chi connectivity index (χ3v) is 4.71. The van der Waals surface area contributed by atoms with Crippen LogP contribution in [0, 0.1) is 20.8 Å². The second-order valence-corrected chi connectivity index (χ2v) is 7.37. The van der Waals surface area contributed by atoms with Crippen LogP contribution in [0.2, 0.25) is 0 Å². The number of amides is 1. The molecule has 1 aromatic heterocycles. The van der Waals surface area contributed by atoms with Crippen molar-refractivity contribution in [2.75, 3.05) is 11.9 Å². The van der Waals surface area contributed by atoms with Gasteiger partial charge in [-0.2, -0.15) is 5.10 Å². The Morgan fingerprint density at radius 3 is 2.45 bits per heavy atom. The predicted molar refractivity (Wildman–Crippen MR) is 117 cm³/mol. The number of ether oxygens (including phenoxy) is 1. The Hall–Kier alpha value is -3.74. The third-order valence-electron chi connectivity index (χ3n) is 4.71. The van der Waals surface area contributed by atoms with E-state index in [-0.39, 0.29) is 18.6 Å². The Morgan fingerprint density at radius 2 is 1.71 bits per heavy atom. The number of Topliss-reactive ketones (excluding diaryl/α,β-unsaturated/α-hetero) is 1. The number of nitrogens with zero attached hydrogens (tertiary/aromatic N) is 2. The SMILES string of the molecule is Cc1ccc(C)c(C(=O)CCC(=O)OCC(=O)Nc2cc(C)nn2-c2ccccc2)c1. The molecule has 31 heavy (non-hydrogen) atoms. The van der Waals surface area contributed by atoms with E-state index < -0.39 is 18.5 Å². The van der Waals surface area contributed by atoms with Gasteiger partial charge < -0.3 is 10.1 Å². The zero-order valence-corrected chi connectivity index (χ0v) is 17.8. The lowest BCUT2D eigenvalue weighted by Gasteiger charge is -2.09. The number of ketones is 1. The molecule has 1 N–H and O–H groups in total. The fraction of sp³-hybridized carbons (Fsp3) is 0.250. The first-order valence-corrected chi connectivity index (χ1v) is 10.0. The van der Waals surface area contributed by atoms with Crippen molar-refractivity contribution in [1.82, 2.24) is 9.78 Å². The number of esters is 1. The summed E-state index contributed by atoms with van der Waals surface area (Å²) in [5.74, 6) is -0.715. The maximum Gasteiger partial charge on any atom is 0.306 e. The largest absolute Gasteiger partial charge is 0.456 e. The number of hydrogen-bond acceptors (Lipinski definition) is 5. The van der Waals surface area contributed by atoms with E-state index in [9.17, 15) is 14.4 Å². The van der Waals surface area contributed by atoms with Crippen LogP contribution < -0.4 is 5.32 Å². The second kappa shape index (κ2) is 9.84. The first-order chi connectivity index (χ1) is 14.8. The van der Waals surface area contributed by atoms with Crippen molar-refractivity contribution in [2.45, 2.75) is 33.6 Å². The van der Waals surface area contributed by atoms with Gasteiger partial charge in [-0.15, -0.1) is 0 Å². The average Bonchev–Trinajstić information content (AvgIpc) is 3.12. The van der Waals surface area contributed by atoms with Crippen molar-refractivity contribution in [3.8, 4) is 5.69 Å². The van der Waals surface area contributed by atoms with Crippen LogP contribution >= 0.6 is 0 Å². The molecule has 0 bridgehead atoms. The van der Waals surface area contributed by atoms with Crippen LogP contribution in [0.3, 0.4) is 0 Å². The van der Waals surface area contributed by atoms with Gasteiger partial charge in [0, 0.05) is 18.1 Å². The molecule has 7 heteroatoms. The maximum atomic E-state index is 12.4. The summed E-state index contributed by atoms with van der Waals surface area (Å²) in [5.41, 5.74) is 4.00. The van der Waals surface area contributed by atoms with Gasteiger partial charge in [0.15, 0.2) is 12.4 Å². The topological polar surface area (TPSA) is 90.3 Å². The average molecular weight is 419 g/mol. The molecule has 0 aliphatic carbocycles. The molecule has 0 saturated carbocycles. The van der Waals surface area contributed by atoms with Crippen LogP contribution in [0.4, 0.5) is 5.82 Å². The molecule has 0 saturated heterocycles. The van der Waals surface area contributed by atoms with Gasteiger partial charge in [0.1, 0.15) is 5.82 Å². The van der Waals surface area contributed by atoms with Crippen molar-refractivity contribution < 1.29 is 19.1 Å². The lowest BCUT2D eigenvalue weighted by Crippen LogP contribution is -2.22.